The second kappa shape index (κ2) is 5.67. The van der Waals surface area contributed by atoms with Gasteiger partial charge in [-0.1, -0.05) is 19.6 Å². The lowest BCUT2D eigenvalue weighted by molar-refractivity contribution is 0.130. The second-order valence-electron chi connectivity index (χ2n) is 7.64. The van der Waals surface area contributed by atoms with E-state index in [0.717, 1.165) is 24.1 Å². The van der Waals surface area contributed by atoms with Gasteiger partial charge in [0.2, 0.25) is 0 Å². The predicted octanol–water partition coefficient (Wildman–Crippen LogP) is 3.27. The fraction of sp³-hybridized carbons (Fsp3) is 0.529. The Morgan fingerprint density at radius 3 is 2.83 bits per heavy atom. The number of carboxylic acid groups (broad SMARTS) is 1. The maximum Gasteiger partial charge on any atom is 0.407 e. The normalized spacial score (nSPS) is 19.3. The van der Waals surface area contributed by atoms with Crippen molar-refractivity contribution in [1.29, 1.82) is 0 Å². The Morgan fingerprint density at radius 1 is 1.43 bits per heavy atom. The van der Waals surface area contributed by atoms with Crippen LogP contribution in [0.15, 0.2) is 12.3 Å². The fourth-order valence-electron chi connectivity index (χ4n) is 3.60. The molecular weight excluding hydrogens is 306 g/mol. The average Bonchev–Trinajstić information content (AvgIpc) is 2.86. The summed E-state index contributed by atoms with van der Waals surface area (Å²) in [6, 6.07) is 2.19. The summed E-state index contributed by atoms with van der Waals surface area (Å²) >= 11 is 0. The number of hydrogen-bond acceptors (Lipinski definition) is 2. The molecule has 1 amide bonds. The zero-order valence-electron chi connectivity index (χ0n) is 14.3. The summed E-state index contributed by atoms with van der Waals surface area (Å²) in [5.41, 5.74) is 3.41. The summed E-state index contributed by atoms with van der Waals surface area (Å²) < 4.78 is 0. The van der Waals surface area contributed by atoms with Gasteiger partial charge in [-0.05, 0) is 37.0 Å². The van der Waals surface area contributed by atoms with Crippen molar-refractivity contribution in [2.75, 3.05) is 13.1 Å². The SMILES string of the molecule is Cc1cnc2[nH]c([Si](C)(C)C)c(C3CCCN(C(=O)O)C3)c2c1. The quantitative estimate of drug-likeness (QED) is 0.830. The van der Waals surface area contributed by atoms with E-state index in [1.807, 2.05) is 6.20 Å². The van der Waals surface area contributed by atoms with E-state index in [2.05, 4.69) is 42.6 Å². The third-order valence-corrected chi connectivity index (χ3v) is 6.57. The van der Waals surface area contributed by atoms with Gasteiger partial charge < -0.3 is 15.0 Å². The zero-order valence-corrected chi connectivity index (χ0v) is 15.3. The molecule has 0 bridgehead atoms. The summed E-state index contributed by atoms with van der Waals surface area (Å²) in [5, 5.41) is 11.9. The van der Waals surface area contributed by atoms with Crippen molar-refractivity contribution in [1.82, 2.24) is 14.9 Å². The van der Waals surface area contributed by atoms with Crippen LogP contribution in [0.5, 0.6) is 0 Å². The van der Waals surface area contributed by atoms with Gasteiger partial charge in [-0.2, -0.15) is 0 Å². The molecule has 1 fully saturated rings. The van der Waals surface area contributed by atoms with E-state index in [0.29, 0.717) is 13.1 Å². The number of pyridine rings is 1. The first kappa shape index (κ1) is 16.0. The highest BCUT2D eigenvalue weighted by atomic mass is 28.3. The highest BCUT2D eigenvalue weighted by Crippen LogP contribution is 2.32. The van der Waals surface area contributed by atoms with Crippen LogP contribution in [0.25, 0.3) is 11.0 Å². The third-order valence-electron chi connectivity index (χ3n) is 4.68. The van der Waals surface area contributed by atoms with Gasteiger partial charge in [-0.25, -0.2) is 9.78 Å². The molecule has 6 heteroatoms. The number of nitrogens with one attached hydrogen (secondary N) is 1. The Hall–Kier alpha value is -1.82. The van der Waals surface area contributed by atoms with E-state index in [1.54, 1.807) is 4.90 Å². The van der Waals surface area contributed by atoms with Crippen LogP contribution in [0.2, 0.25) is 19.6 Å². The van der Waals surface area contributed by atoms with Crippen LogP contribution in [-0.4, -0.2) is 47.2 Å². The molecule has 1 atom stereocenters. The fourth-order valence-corrected chi connectivity index (χ4v) is 5.24. The Bertz CT molecular complexity index is 748. The Balaban J connectivity index is 2.14. The van der Waals surface area contributed by atoms with Gasteiger partial charge in [0.05, 0.1) is 8.07 Å². The van der Waals surface area contributed by atoms with Crippen LogP contribution in [0, 0.1) is 6.92 Å². The number of hydrogen-bond donors (Lipinski definition) is 2. The molecule has 5 nitrogen and oxygen atoms in total. The standard InChI is InChI=1S/C17H25N3O2Si/c1-11-8-13-14(12-6-5-7-20(10-12)17(21)22)16(23(2,3)4)19-15(13)18-9-11/h8-9,12H,5-7,10H2,1-4H3,(H,18,19)(H,21,22). The lowest BCUT2D eigenvalue weighted by Gasteiger charge is -2.32. The second-order valence-corrected chi connectivity index (χ2v) is 12.6. The van der Waals surface area contributed by atoms with E-state index in [1.165, 1.54) is 16.3 Å². The number of aromatic nitrogens is 2. The minimum Gasteiger partial charge on any atom is -0.465 e. The van der Waals surface area contributed by atoms with E-state index in [4.69, 9.17) is 0 Å². The Morgan fingerprint density at radius 2 is 2.17 bits per heavy atom. The van der Waals surface area contributed by atoms with Crippen LogP contribution in [0.4, 0.5) is 4.79 Å². The van der Waals surface area contributed by atoms with E-state index in [9.17, 15) is 9.90 Å². The molecule has 23 heavy (non-hydrogen) atoms. The van der Waals surface area contributed by atoms with Crippen LogP contribution < -0.4 is 5.32 Å². The highest BCUT2D eigenvalue weighted by molar-refractivity contribution is 6.88. The topological polar surface area (TPSA) is 69.2 Å². The molecule has 3 heterocycles. The lowest BCUT2D eigenvalue weighted by atomic mass is 9.90. The predicted molar refractivity (Wildman–Crippen MR) is 95.4 cm³/mol. The molecule has 1 aliphatic rings. The largest absolute Gasteiger partial charge is 0.465 e. The number of likely N-dealkylation sites (tertiary alicyclic amines) is 1. The van der Waals surface area contributed by atoms with Gasteiger partial charge in [0.15, 0.2) is 0 Å². The van der Waals surface area contributed by atoms with Crippen molar-refractivity contribution < 1.29 is 9.90 Å². The maximum absolute atomic E-state index is 11.4. The van der Waals surface area contributed by atoms with E-state index in [-0.39, 0.29) is 5.92 Å². The van der Waals surface area contributed by atoms with Gasteiger partial charge >= 0.3 is 6.09 Å². The van der Waals surface area contributed by atoms with Crippen molar-refractivity contribution in [2.45, 2.75) is 45.3 Å². The molecule has 0 aliphatic carbocycles. The number of piperidine rings is 1. The van der Waals surface area contributed by atoms with Crippen molar-refractivity contribution in [2.24, 2.45) is 0 Å². The Labute approximate surface area is 137 Å². The first-order chi connectivity index (χ1) is 10.8. The first-order valence-electron chi connectivity index (χ1n) is 8.24. The minimum absolute atomic E-state index is 0.263. The first-order valence-corrected chi connectivity index (χ1v) is 11.7. The zero-order chi connectivity index (χ0) is 16.8. The molecule has 3 rings (SSSR count). The van der Waals surface area contributed by atoms with Crippen LogP contribution in [0.1, 0.15) is 29.9 Å². The number of rotatable bonds is 2. The van der Waals surface area contributed by atoms with E-state index < -0.39 is 14.2 Å². The van der Waals surface area contributed by atoms with Crippen LogP contribution >= 0.6 is 0 Å². The summed E-state index contributed by atoms with van der Waals surface area (Å²) in [4.78, 5) is 21.1. The van der Waals surface area contributed by atoms with Gasteiger partial charge in [0.25, 0.3) is 0 Å². The number of H-pyrrole nitrogens is 1. The summed E-state index contributed by atoms with van der Waals surface area (Å²) in [6.45, 7) is 10.3. The molecule has 1 saturated heterocycles. The van der Waals surface area contributed by atoms with E-state index >= 15 is 0 Å². The number of nitrogens with zero attached hydrogens (tertiary/aromatic N) is 2. The van der Waals surface area contributed by atoms with Crippen molar-refractivity contribution in [3.8, 4) is 0 Å². The summed E-state index contributed by atoms with van der Waals surface area (Å²) in [5.74, 6) is 0.263. The molecule has 2 aromatic rings. The summed E-state index contributed by atoms with van der Waals surface area (Å²) in [7, 11) is -1.57. The van der Waals surface area contributed by atoms with Crippen LogP contribution in [-0.2, 0) is 0 Å². The number of fused-ring (bicyclic) bond motifs is 1. The van der Waals surface area contributed by atoms with Gasteiger partial charge in [-0.3, -0.25) is 0 Å². The van der Waals surface area contributed by atoms with Crippen molar-refractivity contribution >= 4 is 30.5 Å². The molecular formula is C17H25N3O2Si. The number of amides is 1. The molecule has 124 valence electrons. The number of aromatic amines is 1. The number of carbonyl (C=O) groups is 1. The third kappa shape index (κ3) is 3.00. The molecule has 0 radical (unpaired) electrons. The maximum atomic E-state index is 11.4. The molecule has 0 saturated carbocycles. The Kier molecular flexibility index (Phi) is 3.96. The molecule has 1 unspecified atom stereocenters. The molecule has 1 aliphatic heterocycles. The smallest absolute Gasteiger partial charge is 0.407 e. The number of aryl methyl sites for hydroxylation is 1. The van der Waals surface area contributed by atoms with Crippen molar-refractivity contribution in [3.63, 3.8) is 0 Å². The van der Waals surface area contributed by atoms with Gasteiger partial charge in [-0.15, -0.1) is 0 Å². The molecule has 0 spiro atoms. The molecule has 2 aromatic heterocycles. The molecule has 2 N–H and O–H groups in total. The highest BCUT2D eigenvalue weighted by Gasteiger charge is 2.32. The summed E-state index contributed by atoms with van der Waals surface area (Å²) in [6.07, 6.45) is 3.05. The van der Waals surface area contributed by atoms with Crippen LogP contribution in [0.3, 0.4) is 0 Å². The minimum atomic E-state index is -1.57. The molecule has 0 aromatic carbocycles. The average molecular weight is 331 g/mol. The monoisotopic (exact) mass is 331 g/mol. The van der Waals surface area contributed by atoms with Gasteiger partial charge in [0.1, 0.15) is 5.65 Å². The lowest BCUT2D eigenvalue weighted by Crippen LogP contribution is -2.44. The van der Waals surface area contributed by atoms with Gasteiger partial charge in [0, 0.05) is 35.9 Å². The van der Waals surface area contributed by atoms with Crippen molar-refractivity contribution in [3.05, 3.63) is 23.4 Å².